The van der Waals surface area contributed by atoms with E-state index in [2.05, 4.69) is 13.8 Å². The standard InChI is InChI=1S/C11H16N2/c1-7(2)9-6-4-5-8(3)10(9)11(12)13/h4-7H,1-3H3,(H3,12,13). The summed E-state index contributed by atoms with van der Waals surface area (Å²) in [4.78, 5) is 0. The van der Waals surface area contributed by atoms with Crippen LogP contribution in [0.15, 0.2) is 18.2 Å². The van der Waals surface area contributed by atoms with Gasteiger partial charge in [0, 0.05) is 5.56 Å². The highest BCUT2D eigenvalue weighted by Gasteiger charge is 2.10. The molecule has 0 bridgehead atoms. The predicted octanol–water partition coefficient (Wildman–Crippen LogP) is 2.40. The van der Waals surface area contributed by atoms with Gasteiger partial charge < -0.3 is 5.73 Å². The molecule has 0 aromatic heterocycles. The van der Waals surface area contributed by atoms with E-state index in [1.807, 2.05) is 25.1 Å². The second-order valence-electron chi connectivity index (χ2n) is 3.61. The molecular weight excluding hydrogens is 160 g/mol. The highest BCUT2D eigenvalue weighted by molar-refractivity contribution is 5.98. The van der Waals surface area contributed by atoms with E-state index in [4.69, 9.17) is 11.1 Å². The first-order valence-corrected chi connectivity index (χ1v) is 4.48. The summed E-state index contributed by atoms with van der Waals surface area (Å²) in [5.74, 6) is 0.584. The summed E-state index contributed by atoms with van der Waals surface area (Å²) < 4.78 is 0. The van der Waals surface area contributed by atoms with Gasteiger partial charge in [0.1, 0.15) is 5.84 Å². The fraction of sp³-hybridized carbons (Fsp3) is 0.364. The van der Waals surface area contributed by atoms with Crippen LogP contribution in [0.3, 0.4) is 0 Å². The van der Waals surface area contributed by atoms with Crippen LogP contribution in [0.2, 0.25) is 0 Å². The Morgan fingerprint density at radius 2 is 2.00 bits per heavy atom. The number of hydrogen-bond donors (Lipinski definition) is 2. The lowest BCUT2D eigenvalue weighted by molar-refractivity contribution is 0.861. The minimum absolute atomic E-state index is 0.168. The van der Waals surface area contributed by atoms with Gasteiger partial charge in [-0.2, -0.15) is 0 Å². The van der Waals surface area contributed by atoms with Crippen LogP contribution in [0.25, 0.3) is 0 Å². The quantitative estimate of drug-likeness (QED) is 0.527. The molecule has 2 nitrogen and oxygen atoms in total. The first-order chi connectivity index (χ1) is 6.04. The summed E-state index contributed by atoms with van der Waals surface area (Å²) in [6, 6.07) is 6.04. The Labute approximate surface area is 79.3 Å². The number of benzene rings is 1. The third-order valence-electron chi connectivity index (χ3n) is 2.20. The van der Waals surface area contributed by atoms with Crippen LogP contribution in [0, 0.1) is 12.3 Å². The maximum atomic E-state index is 7.49. The van der Waals surface area contributed by atoms with Crippen LogP contribution in [-0.2, 0) is 0 Å². The average Bonchev–Trinajstić information content (AvgIpc) is 2.02. The molecule has 0 spiro atoms. The Bertz CT molecular complexity index is 327. The lowest BCUT2D eigenvalue weighted by atomic mass is 9.93. The van der Waals surface area contributed by atoms with E-state index in [0.29, 0.717) is 5.92 Å². The summed E-state index contributed by atoms with van der Waals surface area (Å²) in [7, 11) is 0. The number of nitrogens with two attached hydrogens (primary N) is 1. The summed E-state index contributed by atoms with van der Waals surface area (Å²) in [6.45, 7) is 6.21. The van der Waals surface area contributed by atoms with Crippen LogP contribution >= 0.6 is 0 Å². The molecule has 0 aliphatic heterocycles. The van der Waals surface area contributed by atoms with E-state index in [-0.39, 0.29) is 5.84 Å². The first kappa shape index (κ1) is 9.78. The van der Waals surface area contributed by atoms with Crippen LogP contribution in [0.4, 0.5) is 0 Å². The fourth-order valence-electron chi connectivity index (χ4n) is 1.54. The van der Waals surface area contributed by atoms with Gasteiger partial charge in [0.05, 0.1) is 0 Å². The number of rotatable bonds is 2. The van der Waals surface area contributed by atoms with E-state index in [0.717, 1.165) is 16.7 Å². The van der Waals surface area contributed by atoms with Crippen LogP contribution in [-0.4, -0.2) is 5.84 Å². The van der Waals surface area contributed by atoms with Crippen LogP contribution in [0.5, 0.6) is 0 Å². The van der Waals surface area contributed by atoms with Crippen LogP contribution < -0.4 is 5.73 Å². The van der Waals surface area contributed by atoms with E-state index < -0.39 is 0 Å². The lowest BCUT2D eigenvalue weighted by Crippen LogP contribution is -2.16. The molecule has 1 aromatic rings. The molecule has 0 amide bonds. The molecule has 70 valence electrons. The zero-order valence-corrected chi connectivity index (χ0v) is 8.39. The molecule has 0 unspecified atom stereocenters. The van der Waals surface area contributed by atoms with Crippen molar-refractivity contribution in [3.8, 4) is 0 Å². The smallest absolute Gasteiger partial charge is 0.123 e. The summed E-state index contributed by atoms with van der Waals surface area (Å²) in [5.41, 5.74) is 8.68. The van der Waals surface area contributed by atoms with E-state index >= 15 is 0 Å². The molecular formula is C11H16N2. The number of hydrogen-bond acceptors (Lipinski definition) is 1. The van der Waals surface area contributed by atoms with Gasteiger partial charge in [-0.15, -0.1) is 0 Å². The van der Waals surface area contributed by atoms with Gasteiger partial charge >= 0.3 is 0 Å². The number of aryl methyl sites for hydroxylation is 1. The molecule has 1 aromatic carbocycles. The van der Waals surface area contributed by atoms with E-state index in [9.17, 15) is 0 Å². The van der Waals surface area contributed by atoms with Gasteiger partial charge in [-0.25, -0.2) is 0 Å². The zero-order valence-electron chi connectivity index (χ0n) is 8.39. The minimum atomic E-state index is 0.168. The largest absolute Gasteiger partial charge is 0.384 e. The molecule has 0 aliphatic carbocycles. The van der Waals surface area contributed by atoms with Crippen molar-refractivity contribution in [2.45, 2.75) is 26.7 Å². The third-order valence-corrected chi connectivity index (χ3v) is 2.20. The van der Waals surface area contributed by atoms with E-state index in [1.54, 1.807) is 0 Å². The van der Waals surface area contributed by atoms with Gasteiger partial charge in [-0.05, 0) is 24.0 Å². The first-order valence-electron chi connectivity index (χ1n) is 4.48. The Kier molecular flexibility index (Phi) is 2.71. The SMILES string of the molecule is Cc1cccc(C(C)C)c1C(=N)N. The fourth-order valence-corrected chi connectivity index (χ4v) is 1.54. The van der Waals surface area contributed by atoms with Crippen molar-refractivity contribution in [3.05, 3.63) is 34.9 Å². The van der Waals surface area contributed by atoms with Crippen molar-refractivity contribution < 1.29 is 0 Å². The van der Waals surface area contributed by atoms with Crippen LogP contribution in [0.1, 0.15) is 36.5 Å². The Morgan fingerprint density at radius 3 is 2.38 bits per heavy atom. The lowest BCUT2D eigenvalue weighted by Gasteiger charge is -2.13. The van der Waals surface area contributed by atoms with Gasteiger partial charge in [-0.3, -0.25) is 5.41 Å². The molecule has 0 saturated carbocycles. The molecule has 2 heteroatoms. The maximum Gasteiger partial charge on any atom is 0.123 e. The van der Waals surface area contributed by atoms with Crippen molar-refractivity contribution >= 4 is 5.84 Å². The molecule has 1 rings (SSSR count). The van der Waals surface area contributed by atoms with Crippen molar-refractivity contribution in [3.63, 3.8) is 0 Å². The summed E-state index contributed by atoms with van der Waals surface area (Å²) in [5, 5.41) is 7.49. The van der Waals surface area contributed by atoms with Gasteiger partial charge in [-0.1, -0.05) is 32.0 Å². The molecule has 0 heterocycles. The van der Waals surface area contributed by atoms with Crippen molar-refractivity contribution in [1.29, 1.82) is 5.41 Å². The van der Waals surface area contributed by atoms with Crippen molar-refractivity contribution in [2.75, 3.05) is 0 Å². The second-order valence-corrected chi connectivity index (χ2v) is 3.61. The van der Waals surface area contributed by atoms with Gasteiger partial charge in [0.15, 0.2) is 0 Å². The van der Waals surface area contributed by atoms with E-state index in [1.165, 1.54) is 0 Å². The Hall–Kier alpha value is -1.31. The van der Waals surface area contributed by atoms with Gasteiger partial charge in [0.2, 0.25) is 0 Å². The number of amidine groups is 1. The predicted molar refractivity (Wildman–Crippen MR) is 56.3 cm³/mol. The minimum Gasteiger partial charge on any atom is -0.384 e. The number of nitrogens with one attached hydrogen (secondary N) is 1. The highest BCUT2D eigenvalue weighted by atomic mass is 14.7. The topological polar surface area (TPSA) is 49.9 Å². The van der Waals surface area contributed by atoms with Crippen molar-refractivity contribution in [2.24, 2.45) is 5.73 Å². The van der Waals surface area contributed by atoms with Crippen molar-refractivity contribution in [1.82, 2.24) is 0 Å². The normalized spacial score (nSPS) is 10.5. The van der Waals surface area contributed by atoms with Gasteiger partial charge in [0.25, 0.3) is 0 Å². The molecule has 0 atom stereocenters. The second kappa shape index (κ2) is 3.60. The average molecular weight is 176 g/mol. The monoisotopic (exact) mass is 176 g/mol. The third kappa shape index (κ3) is 1.89. The zero-order chi connectivity index (χ0) is 10.0. The number of nitrogen functional groups attached to an aromatic ring is 1. The molecule has 0 radical (unpaired) electrons. The molecule has 13 heavy (non-hydrogen) atoms. The maximum absolute atomic E-state index is 7.49. The summed E-state index contributed by atoms with van der Waals surface area (Å²) in [6.07, 6.45) is 0. The summed E-state index contributed by atoms with van der Waals surface area (Å²) >= 11 is 0. The Balaban J connectivity index is 3.34. The molecule has 3 N–H and O–H groups in total. The molecule has 0 fully saturated rings. The Morgan fingerprint density at radius 1 is 1.38 bits per heavy atom. The molecule has 0 saturated heterocycles. The highest BCUT2D eigenvalue weighted by Crippen LogP contribution is 2.21. The molecule has 0 aliphatic rings.